The average molecular weight is 230 g/mol. The maximum atomic E-state index is 11.8. The van der Waals surface area contributed by atoms with Crippen LogP contribution in [-0.2, 0) is 14.3 Å². The van der Waals surface area contributed by atoms with Gasteiger partial charge in [0.2, 0.25) is 5.91 Å². The molecule has 5 heteroatoms. The minimum absolute atomic E-state index is 0.00157. The van der Waals surface area contributed by atoms with Crippen molar-refractivity contribution in [3.63, 3.8) is 0 Å². The molecule has 1 aliphatic rings. The van der Waals surface area contributed by atoms with E-state index in [4.69, 9.17) is 15.2 Å². The van der Waals surface area contributed by atoms with Crippen LogP contribution in [0.2, 0.25) is 0 Å². The third-order valence-electron chi connectivity index (χ3n) is 3.05. The standard InChI is InChI=1S/C11H22N2O3/c1-11(3-5-16-6-4-11)13-10(14)7-9(8-12)15-2/h9H,3-8,12H2,1-2H3,(H,13,14). The molecule has 1 unspecified atom stereocenters. The van der Waals surface area contributed by atoms with Crippen molar-refractivity contribution < 1.29 is 14.3 Å². The molecule has 1 fully saturated rings. The van der Waals surface area contributed by atoms with Crippen molar-refractivity contribution in [3.05, 3.63) is 0 Å². The predicted octanol–water partition coefficient (Wildman–Crippen LogP) is 0.0355. The monoisotopic (exact) mass is 230 g/mol. The highest BCUT2D eigenvalue weighted by atomic mass is 16.5. The van der Waals surface area contributed by atoms with Gasteiger partial charge in [0, 0.05) is 32.4 Å². The van der Waals surface area contributed by atoms with Gasteiger partial charge >= 0.3 is 0 Å². The van der Waals surface area contributed by atoms with E-state index in [1.54, 1.807) is 7.11 Å². The zero-order valence-corrected chi connectivity index (χ0v) is 10.1. The highest BCUT2D eigenvalue weighted by Gasteiger charge is 2.29. The van der Waals surface area contributed by atoms with Gasteiger partial charge < -0.3 is 20.5 Å². The summed E-state index contributed by atoms with van der Waals surface area (Å²) >= 11 is 0. The van der Waals surface area contributed by atoms with E-state index in [1.165, 1.54) is 0 Å². The minimum atomic E-state index is -0.191. The molecule has 0 aliphatic carbocycles. The Bertz CT molecular complexity index is 223. The van der Waals surface area contributed by atoms with E-state index in [9.17, 15) is 4.79 Å². The fourth-order valence-corrected chi connectivity index (χ4v) is 1.80. The van der Waals surface area contributed by atoms with Crippen LogP contribution in [0, 0.1) is 0 Å². The lowest BCUT2D eigenvalue weighted by atomic mass is 9.92. The van der Waals surface area contributed by atoms with Gasteiger partial charge in [-0.2, -0.15) is 0 Å². The van der Waals surface area contributed by atoms with Gasteiger partial charge in [0.05, 0.1) is 12.5 Å². The molecule has 94 valence electrons. The molecule has 16 heavy (non-hydrogen) atoms. The topological polar surface area (TPSA) is 73.6 Å². The van der Waals surface area contributed by atoms with Crippen LogP contribution in [0.25, 0.3) is 0 Å². The molecule has 1 rings (SSSR count). The van der Waals surface area contributed by atoms with Crippen LogP contribution in [0.3, 0.4) is 0 Å². The first-order valence-electron chi connectivity index (χ1n) is 5.71. The van der Waals surface area contributed by atoms with Gasteiger partial charge in [-0.3, -0.25) is 4.79 Å². The van der Waals surface area contributed by atoms with E-state index < -0.39 is 0 Å². The van der Waals surface area contributed by atoms with E-state index in [0.29, 0.717) is 26.2 Å². The normalized spacial score (nSPS) is 21.4. The summed E-state index contributed by atoms with van der Waals surface area (Å²) in [4.78, 5) is 11.8. The van der Waals surface area contributed by atoms with Gasteiger partial charge in [0.1, 0.15) is 0 Å². The number of hydrogen-bond donors (Lipinski definition) is 2. The lowest BCUT2D eigenvalue weighted by Gasteiger charge is -2.34. The van der Waals surface area contributed by atoms with Crippen LogP contribution in [0.1, 0.15) is 26.2 Å². The summed E-state index contributed by atoms with van der Waals surface area (Å²) in [5, 5.41) is 3.04. The van der Waals surface area contributed by atoms with E-state index >= 15 is 0 Å². The Morgan fingerprint density at radius 3 is 2.69 bits per heavy atom. The highest BCUT2D eigenvalue weighted by molar-refractivity contribution is 5.77. The molecule has 3 N–H and O–H groups in total. The Kier molecular flexibility index (Phi) is 5.18. The van der Waals surface area contributed by atoms with E-state index in [0.717, 1.165) is 12.8 Å². The zero-order valence-electron chi connectivity index (χ0n) is 10.1. The molecular weight excluding hydrogens is 208 g/mol. The third kappa shape index (κ3) is 4.08. The molecule has 0 bridgehead atoms. The Balaban J connectivity index is 2.37. The number of methoxy groups -OCH3 is 1. The largest absolute Gasteiger partial charge is 0.381 e. The van der Waals surface area contributed by atoms with Crippen LogP contribution >= 0.6 is 0 Å². The van der Waals surface area contributed by atoms with Crippen LogP contribution < -0.4 is 11.1 Å². The molecular formula is C11H22N2O3. The van der Waals surface area contributed by atoms with Gasteiger partial charge in [-0.05, 0) is 19.8 Å². The van der Waals surface area contributed by atoms with Gasteiger partial charge in [-0.25, -0.2) is 0 Å². The molecule has 1 heterocycles. The van der Waals surface area contributed by atoms with Crippen LogP contribution in [0.5, 0.6) is 0 Å². The lowest BCUT2D eigenvalue weighted by Crippen LogP contribution is -2.50. The van der Waals surface area contributed by atoms with Gasteiger partial charge in [-0.15, -0.1) is 0 Å². The van der Waals surface area contributed by atoms with Crippen LogP contribution in [0.15, 0.2) is 0 Å². The Hall–Kier alpha value is -0.650. The van der Waals surface area contributed by atoms with Crippen molar-refractivity contribution in [1.29, 1.82) is 0 Å². The Morgan fingerprint density at radius 2 is 2.19 bits per heavy atom. The molecule has 1 aliphatic heterocycles. The average Bonchev–Trinajstić information content (AvgIpc) is 2.26. The number of carbonyl (C=O) groups excluding carboxylic acids is 1. The summed E-state index contributed by atoms with van der Waals surface area (Å²) < 4.78 is 10.4. The summed E-state index contributed by atoms with van der Waals surface area (Å²) in [6.45, 7) is 3.84. The predicted molar refractivity (Wildman–Crippen MR) is 61.1 cm³/mol. The highest BCUT2D eigenvalue weighted by Crippen LogP contribution is 2.19. The molecule has 0 aromatic carbocycles. The van der Waals surface area contributed by atoms with E-state index in [1.807, 2.05) is 0 Å². The molecule has 0 saturated carbocycles. The van der Waals surface area contributed by atoms with Gasteiger partial charge in [-0.1, -0.05) is 0 Å². The molecule has 0 radical (unpaired) electrons. The molecule has 1 saturated heterocycles. The number of ether oxygens (including phenoxy) is 2. The Labute approximate surface area is 96.7 Å². The first kappa shape index (κ1) is 13.4. The van der Waals surface area contributed by atoms with Crippen molar-refractivity contribution in [2.24, 2.45) is 5.73 Å². The molecule has 1 amide bonds. The van der Waals surface area contributed by atoms with Gasteiger partial charge in [0.25, 0.3) is 0 Å². The molecule has 0 aromatic heterocycles. The fourth-order valence-electron chi connectivity index (χ4n) is 1.80. The van der Waals surface area contributed by atoms with Crippen molar-refractivity contribution in [2.45, 2.75) is 37.8 Å². The fraction of sp³-hybridized carbons (Fsp3) is 0.909. The van der Waals surface area contributed by atoms with Crippen LogP contribution in [-0.4, -0.2) is 44.4 Å². The second kappa shape index (κ2) is 6.18. The number of amides is 1. The maximum absolute atomic E-state index is 11.8. The Morgan fingerprint density at radius 1 is 1.56 bits per heavy atom. The lowest BCUT2D eigenvalue weighted by molar-refractivity contribution is -0.126. The van der Waals surface area contributed by atoms with Gasteiger partial charge in [0.15, 0.2) is 0 Å². The summed E-state index contributed by atoms with van der Waals surface area (Å²) in [6.07, 6.45) is 1.85. The minimum Gasteiger partial charge on any atom is -0.381 e. The molecule has 0 spiro atoms. The second-order valence-corrected chi connectivity index (χ2v) is 4.52. The summed E-state index contributed by atoms with van der Waals surface area (Å²) in [5.41, 5.74) is 5.34. The van der Waals surface area contributed by atoms with Crippen molar-refractivity contribution >= 4 is 5.91 Å². The first-order chi connectivity index (χ1) is 7.59. The van der Waals surface area contributed by atoms with Crippen molar-refractivity contribution in [2.75, 3.05) is 26.9 Å². The third-order valence-corrected chi connectivity index (χ3v) is 3.05. The van der Waals surface area contributed by atoms with Crippen molar-refractivity contribution in [1.82, 2.24) is 5.32 Å². The van der Waals surface area contributed by atoms with Crippen LogP contribution in [0.4, 0.5) is 0 Å². The molecule has 5 nitrogen and oxygen atoms in total. The second-order valence-electron chi connectivity index (χ2n) is 4.52. The zero-order chi connectivity index (χ0) is 12.0. The summed E-state index contributed by atoms with van der Waals surface area (Å²) in [6, 6.07) is 0. The number of carbonyl (C=O) groups is 1. The molecule has 0 aromatic rings. The number of rotatable bonds is 5. The number of nitrogens with one attached hydrogen (secondary N) is 1. The van der Waals surface area contributed by atoms with E-state index in [-0.39, 0.29) is 17.6 Å². The number of hydrogen-bond acceptors (Lipinski definition) is 4. The summed E-state index contributed by atoms with van der Waals surface area (Å²) in [5.74, 6) is 0.00157. The van der Waals surface area contributed by atoms with E-state index in [2.05, 4.69) is 12.2 Å². The smallest absolute Gasteiger partial charge is 0.223 e. The molecule has 1 atom stereocenters. The quantitative estimate of drug-likeness (QED) is 0.699. The summed E-state index contributed by atoms with van der Waals surface area (Å²) in [7, 11) is 1.57. The SMILES string of the molecule is COC(CN)CC(=O)NC1(C)CCOCC1. The van der Waals surface area contributed by atoms with Crippen molar-refractivity contribution in [3.8, 4) is 0 Å². The maximum Gasteiger partial charge on any atom is 0.223 e. The number of nitrogens with two attached hydrogens (primary N) is 1. The first-order valence-corrected chi connectivity index (χ1v) is 5.71.